The zero-order valence-electron chi connectivity index (χ0n) is 12.3. The molecule has 0 aliphatic carbocycles. The van der Waals surface area contributed by atoms with Crippen LogP contribution in [0.2, 0.25) is 0 Å². The van der Waals surface area contributed by atoms with Crippen molar-refractivity contribution in [1.29, 1.82) is 5.26 Å². The Bertz CT molecular complexity index is 490. The number of nitriles is 1. The first-order chi connectivity index (χ1) is 9.65. The molecule has 1 aromatic carbocycles. The van der Waals surface area contributed by atoms with E-state index in [0.29, 0.717) is 30.9 Å². The molecule has 0 saturated carbocycles. The lowest BCUT2D eigenvalue weighted by Crippen LogP contribution is -2.37. The van der Waals surface area contributed by atoms with Crippen molar-refractivity contribution in [2.75, 3.05) is 26.7 Å². The van der Waals surface area contributed by atoms with Crippen LogP contribution in [0, 0.1) is 11.3 Å². The molecule has 20 heavy (non-hydrogen) atoms. The minimum Gasteiger partial charge on any atom is -0.496 e. The van der Waals surface area contributed by atoms with E-state index in [2.05, 4.69) is 11.4 Å². The van der Waals surface area contributed by atoms with Gasteiger partial charge in [0, 0.05) is 25.2 Å². The van der Waals surface area contributed by atoms with Gasteiger partial charge >= 0.3 is 0 Å². The topological polar surface area (TPSA) is 65.4 Å². The number of benzene rings is 1. The predicted molar refractivity (Wildman–Crippen MR) is 77.3 cm³/mol. The first kappa shape index (κ1) is 16.0. The van der Waals surface area contributed by atoms with E-state index in [0.717, 1.165) is 5.56 Å². The van der Waals surface area contributed by atoms with Crippen LogP contribution in [-0.2, 0) is 11.3 Å². The van der Waals surface area contributed by atoms with Crippen LogP contribution in [-0.4, -0.2) is 37.6 Å². The van der Waals surface area contributed by atoms with Crippen molar-refractivity contribution in [3.05, 3.63) is 29.3 Å². The molecular weight excluding hydrogens is 254 g/mol. The lowest BCUT2D eigenvalue weighted by molar-refractivity contribution is -0.129. The van der Waals surface area contributed by atoms with Crippen molar-refractivity contribution >= 4 is 5.91 Å². The minimum absolute atomic E-state index is 0.0744. The number of nitrogens with one attached hydrogen (secondary N) is 1. The van der Waals surface area contributed by atoms with Crippen molar-refractivity contribution in [3.63, 3.8) is 0 Å². The van der Waals surface area contributed by atoms with Crippen LogP contribution in [0.3, 0.4) is 0 Å². The van der Waals surface area contributed by atoms with E-state index in [1.54, 1.807) is 30.2 Å². The normalized spacial score (nSPS) is 9.90. The molecule has 5 heteroatoms. The van der Waals surface area contributed by atoms with Crippen molar-refractivity contribution in [3.8, 4) is 11.8 Å². The summed E-state index contributed by atoms with van der Waals surface area (Å²) in [5, 5.41) is 12.0. The van der Waals surface area contributed by atoms with E-state index in [1.165, 1.54) is 0 Å². The van der Waals surface area contributed by atoms with E-state index in [1.807, 2.05) is 13.8 Å². The van der Waals surface area contributed by atoms with E-state index in [-0.39, 0.29) is 12.5 Å². The van der Waals surface area contributed by atoms with Crippen molar-refractivity contribution in [2.45, 2.75) is 20.4 Å². The quantitative estimate of drug-likeness (QED) is 0.819. The monoisotopic (exact) mass is 275 g/mol. The third-order valence-corrected chi connectivity index (χ3v) is 3.12. The Hall–Kier alpha value is -2.06. The molecule has 0 fully saturated rings. The Morgan fingerprint density at radius 1 is 1.40 bits per heavy atom. The van der Waals surface area contributed by atoms with Crippen molar-refractivity contribution in [1.82, 2.24) is 10.2 Å². The molecule has 0 aromatic heterocycles. The van der Waals surface area contributed by atoms with Crippen LogP contribution >= 0.6 is 0 Å². The number of carbonyl (C=O) groups excluding carboxylic acids is 1. The van der Waals surface area contributed by atoms with Crippen LogP contribution in [0.4, 0.5) is 0 Å². The molecule has 1 N–H and O–H groups in total. The highest BCUT2D eigenvalue weighted by atomic mass is 16.5. The molecule has 0 bridgehead atoms. The average molecular weight is 275 g/mol. The molecule has 0 saturated heterocycles. The molecule has 1 amide bonds. The maximum absolute atomic E-state index is 11.9. The molecule has 0 heterocycles. The first-order valence-electron chi connectivity index (χ1n) is 6.71. The standard InChI is InChI=1S/C15H21N3O2/c1-4-18(5-2)15(19)11-17-10-13-8-12(9-16)6-7-14(13)20-3/h6-8,17H,4-5,10-11H2,1-3H3. The number of rotatable bonds is 7. The van der Waals surface area contributed by atoms with Gasteiger partial charge in [0.15, 0.2) is 0 Å². The summed E-state index contributed by atoms with van der Waals surface area (Å²) in [5.74, 6) is 0.789. The van der Waals surface area contributed by atoms with Gasteiger partial charge in [-0.05, 0) is 32.0 Å². The van der Waals surface area contributed by atoms with Gasteiger partial charge in [0.1, 0.15) is 5.75 Å². The SMILES string of the molecule is CCN(CC)C(=O)CNCc1cc(C#N)ccc1OC. The van der Waals surface area contributed by atoms with Gasteiger partial charge in [-0.3, -0.25) is 4.79 Å². The van der Waals surface area contributed by atoms with Gasteiger partial charge in [0.2, 0.25) is 5.91 Å². The Balaban J connectivity index is 2.61. The Morgan fingerprint density at radius 3 is 2.65 bits per heavy atom. The molecule has 108 valence electrons. The minimum atomic E-state index is 0.0744. The second-order valence-corrected chi connectivity index (χ2v) is 4.31. The second-order valence-electron chi connectivity index (χ2n) is 4.31. The van der Waals surface area contributed by atoms with Crippen molar-refractivity contribution in [2.24, 2.45) is 0 Å². The third kappa shape index (κ3) is 4.25. The van der Waals surface area contributed by atoms with Crippen molar-refractivity contribution < 1.29 is 9.53 Å². The van der Waals surface area contributed by atoms with E-state index >= 15 is 0 Å². The molecule has 1 aromatic rings. The second kappa shape index (κ2) is 8.18. The smallest absolute Gasteiger partial charge is 0.236 e. The molecule has 0 aliphatic heterocycles. The lowest BCUT2D eigenvalue weighted by atomic mass is 10.1. The number of hydrogen-bond donors (Lipinski definition) is 1. The fraction of sp³-hybridized carbons (Fsp3) is 0.467. The number of amides is 1. The highest BCUT2D eigenvalue weighted by Crippen LogP contribution is 2.19. The molecule has 0 atom stereocenters. The van der Waals surface area contributed by atoms with E-state index in [4.69, 9.17) is 10.00 Å². The third-order valence-electron chi connectivity index (χ3n) is 3.12. The lowest BCUT2D eigenvalue weighted by Gasteiger charge is -2.19. The van der Waals surface area contributed by atoms with E-state index in [9.17, 15) is 4.79 Å². The summed E-state index contributed by atoms with van der Waals surface area (Å²) < 4.78 is 5.25. The number of hydrogen-bond acceptors (Lipinski definition) is 4. The molecule has 1 rings (SSSR count). The van der Waals surface area contributed by atoms with Crippen LogP contribution in [0.15, 0.2) is 18.2 Å². The van der Waals surface area contributed by atoms with Crippen LogP contribution in [0.1, 0.15) is 25.0 Å². The van der Waals surface area contributed by atoms with Gasteiger partial charge in [0.05, 0.1) is 25.3 Å². The largest absolute Gasteiger partial charge is 0.496 e. The molecule has 0 radical (unpaired) electrons. The summed E-state index contributed by atoms with van der Waals surface area (Å²) in [6, 6.07) is 7.34. The van der Waals surface area contributed by atoms with Gasteiger partial charge in [-0.1, -0.05) is 0 Å². The van der Waals surface area contributed by atoms with Gasteiger partial charge in [0.25, 0.3) is 0 Å². The molecule has 0 unspecified atom stereocenters. The Morgan fingerprint density at radius 2 is 2.10 bits per heavy atom. The van der Waals surface area contributed by atoms with Gasteiger partial charge in [-0.25, -0.2) is 0 Å². The summed E-state index contributed by atoms with van der Waals surface area (Å²) in [6.07, 6.45) is 0. The molecular formula is C15H21N3O2. The summed E-state index contributed by atoms with van der Waals surface area (Å²) in [7, 11) is 1.59. The number of ether oxygens (including phenoxy) is 1. The average Bonchev–Trinajstić information content (AvgIpc) is 2.48. The van der Waals surface area contributed by atoms with Gasteiger partial charge in [-0.2, -0.15) is 5.26 Å². The molecule has 0 aliphatic rings. The fourth-order valence-electron chi connectivity index (χ4n) is 1.98. The van der Waals surface area contributed by atoms with Gasteiger partial charge < -0.3 is 15.0 Å². The molecule has 5 nitrogen and oxygen atoms in total. The van der Waals surface area contributed by atoms with Crippen LogP contribution < -0.4 is 10.1 Å². The maximum Gasteiger partial charge on any atom is 0.236 e. The summed E-state index contributed by atoms with van der Waals surface area (Å²) in [6.45, 7) is 6.11. The highest BCUT2D eigenvalue weighted by Gasteiger charge is 2.10. The number of methoxy groups -OCH3 is 1. The fourth-order valence-corrected chi connectivity index (χ4v) is 1.98. The zero-order chi connectivity index (χ0) is 15.0. The maximum atomic E-state index is 11.9. The van der Waals surface area contributed by atoms with Crippen LogP contribution in [0.25, 0.3) is 0 Å². The number of carbonyl (C=O) groups is 1. The summed E-state index contributed by atoms with van der Waals surface area (Å²) in [5.41, 5.74) is 1.46. The van der Waals surface area contributed by atoms with Gasteiger partial charge in [-0.15, -0.1) is 0 Å². The highest BCUT2D eigenvalue weighted by molar-refractivity contribution is 5.78. The number of nitrogens with zero attached hydrogens (tertiary/aromatic N) is 2. The Labute approximate surface area is 120 Å². The predicted octanol–water partition coefficient (Wildman–Crippen LogP) is 1.52. The first-order valence-corrected chi connectivity index (χ1v) is 6.71. The number of likely N-dealkylation sites (N-methyl/N-ethyl adjacent to an activating group) is 1. The zero-order valence-corrected chi connectivity index (χ0v) is 12.3. The summed E-state index contributed by atoms with van der Waals surface area (Å²) in [4.78, 5) is 13.6. The molecule has 0 spiro atoms. The van der Waals surface area contributed by atoms with E-state index < -0.39 is 0 Å². The Kier molecular flexibility index (Phi) is 6.54. The summed E-state index contributed by atoms with van der Waals surface area (Å²) >= 11 is 0. The van der Waals surface area contributed by atoms with Crippen LogP contribution in [0.5, 0.6) is 5.75 Å².